The van der Waals surface area contributed by atoms with Gasteiger partial charge in [0.05, 0.1) is 6.54 Å². The average molecular weight is 262 g/mol. The largest absolute Gasteiger partial charge is 0.396 e. The molecule has 0 bridgehead atoms. The molecule has 104 valence electrons. The van der Waals surface area contributed by atoms with Gasteiger partial charge in [0.1, 0.15) is 0 Å². The van der Waals surface area contributed by atoms with Crippen molar-refractivity contribution in [3.05, 3.63) is 30.3 Å². The molecule has 4 nitrogen and oxygen atoms in total. The summed E-state index contributed by atoms with van der Waals surface area (Å²) in [5.41, 5.74) is 1.05. The molecule has 1 aromatic carbocycles. The Kier molecular flexibility index (Phi) is 4.80. The van der Waals surface area contributed by atoms with Crippen molar-refractivity contribution < 1.29 is 9.90 Å². The first-order valence-electron chi connectivity index (χ1n) is 6.85. The lowest BCUT2D eigenvalue weighted by molar-refractivity contribution is -0.131. The molecule has 1 aromatic rings. The summed E-state index contributed by atoms with van der Waals surface area (Å²) in [7, 11) is 1.93. The number of likely N-dealkylation sites (N-methyl/N-ethyl adjacent to an activating group) is 1. The van der Waals surface area contributed by atoms with Gasteiger partial charge >= 0.3 is 0 Å². The van der Waals surface area contributed by atoms with Crippen molar-refractivity contribution in [2.75, 3.05) is 38.2 Å². The van der Waals surface area contributed by atoms with Crippen LogP contribution in [-0.4, -0.2) is 49.2 Å². The summed E-state index contributed by atoms with van der Waals surface area (Å²) in [5, 5.41) is 9.20. The summed E-state index contributed by atoms with van der Waals surface area (Å²) in [5.74, 6) is 0.393. The van der Waals surface area contributed by atoms with E-state index in [0.29, 0.717) is 13.1 Å². The van der Waals surface area contributed by atoms with Crippen LogP contribution in [0.2, 0.25) is 0 Å². The first-order chi connectivity index (χ1) is 9.20. The second kappa shape index (κ2) is 6.57. The standard InChI is InChI=1S/C15H22N2O2/c1-16(14-7-3-2-4-8-14)11-15(19)17-9-5-6-13(10-17)12-18/h2-4,7-8,13,18H,5-6,9-12H2,1H3. The van der Waals surface area contributed by atoms with Crippen molar-refractivity contribution in [3.63, 3.8) is 0 Å². The molecule has 1 aliphatic rings. The van der Waals surface area contributed by atoms with E-state index in [-0.39, 0.29) is 18.4 Å². The summed E-state index contributed by atoms with van der Waals surface area (Å²) in [4.78, 5) is 16.1. The van der Waals surface area contributed by atoms with Crippen LogP contribution in [0.1, 0.15) is 12.8 Å². The maximum absolute atomic E-state index is 12.2. The highest BCUT2D eigenvalue weighted by molar-refractivity contribution is 5.81. The van der Waals surface area contributed by atoms with Gasteiger partial charge in [-0.1, -0.05) is 18.2 Å². The number of aliphatic hydroxyl groups excluding tert-OH is 1. The van der Waals surface area contributed by atoms with Crippen molar-refractivity contribution in [2.24, 2.45) is 5.92 Å². The van der Waals surface area contributed by atoms with Crippen molar-refractivity contribution in [2.45, 2.75) is 12.8 Å². The number of hydrogen-bond donors (Lipinski definition) is 1. The number of aliphatic hydroxyl groups is 1. The Morgan fingerprint density at radius 3 is 2.84 bits per heavy atom. The van der Waals surface area contributed by atoms with Crippen molar-refractivity contribution in [3.8, 4) is 0 Å². The van der Waals surface area contributed by atoms with Gasteiger partial charge < -0.3 is 14.9 Å². The summed E-state index contributed by atoms with van der Waals surface area (Å²) >= 11 is 0. The molecule has 1 unspecified atom stereocenters. The molecule has 19 heavy (non-hydrogen) atoms. The molecule has 4 heteroatoms. The Bertz CT molecular complexity index is 408. The van der Waals surface area contributed by atoms with Gasteiger partial charge in [0.25, 0.3) is 0 Å². The zero-order valence-electron chi connectivity index (χ0n) is 11.5. The van der Waals surface area contributed by atoms with E-state index in [2.05, 4.69) is 0 Å². The van der Waals surface area contributed by atoms with Gasteiger partial charge in [0.2, 0.25) is 5.91 Å². The van der Waals surface area contributed by atoms with E-state index in [0.717, 1.165) is 25.1 Å². The highest BCUT2D eigenvalue weighted by Crippen LogP contribution is 2.17. The number of carbonyl (C=O) groups excluding carboxylic acids is 1. The topological polar surface area (TPSA) is 43.8 Å². The number of likely N-dealkylation sites (tertiary alicyclic amines) is 1. The van der Waals surface area contributed by atoms with Gasteiger partial charge in [-0.3, -0.25) is 4.79 Å². The number of para-hydroxylation sites is 1. The van der Waals surface area contributed by atoms with Crippen LogP contribution in [0.15, 0.2) is 30.3 Å². The summed E-state index contributed by atoms with van der Waals surface area (Å²) in [6.45, 7) is 2.08. The van der Waals surface area contributed by atoms with E-state index in [1.54, 1.807) is 0 Å². The fraction of sp³-hybridized carbons (Fsp3) is 0.533. The fourth-order valence-electron chi connectivity index (χ4n) is 2.52. The number of rotatable bonds is 4. The molecule has 1 aliphatic heterocycles. The summed E-state index contributed by atoms with van der Waals surface area (Å²) < 4.78 is 0. The van der Waals surface area contributed by atoms with E-state index in [1.165, 1.54) is 0 Å². The Hall–Kier alpha value is -1.55. The minimum Gasteiger partial charge on any atom is -0.396 e. The number of carbonyl (C=O) groups is 1. The Balaban J connectivity index is 1.90. The Morgan fingerprint density at radius 1 is 1.42 bits per heavy atom. The third-order valence-electron chi connectivity index (χ3n) is 3.70. The zero-order chi connectivity index (χ0) is 13.7. The molecule has 1 amide bonds. The van der Waals surface area contributed by atoms with Gasteiger partial charge in [0, 0.05) is 32.4 Å². The first kappa shape index (κ1) is 13.9. The van der Waals surface area contributed by atoms with Crippen LogP contribution < -0.4 is 4.90 Å². The highest BCUT2D eigenvalue weighted by atomic mass is 16.3. The molecular weight excluding hydrogens is 240 g/mol. The van der Waals surface area contributed by atoms with E-state index < -0.39 is 0 Å². The molecule has 0 aliphatic carbocycles. The molecule has 1 N–H and O–H groups in total. The lowest BCUT2D eigenvalue weighted by Gasteiger charge is -2.33. The van der Waals surface area contributed by atoms with Gasteiger partial charge in [-0.15, -0.1) is 0 Å². The number of benzene rings is 1. The first-order valence-corrected chi connectivity index (χ1v) is 6.85. The van der Waals surface area contributed by atoms with E-state index >= 15 is 0 Å². The second-order valence-electron chi connectivity index (χ2n) is 5.22. The van der Waals surface area contributed by atoms with E-state index in [9.17, 15) is 9.90 Å². The number of anilines is 1. The van der Waals surface area contributed by atoms with Crippen LogP contribution in [0, 0.1) is 5.92 Å². The van der Waals surface area contributed by atoms with Gasteiger partial charge in [-0.2, -0.15) is 0 Å². The smallest absolute Gasteiger partial charge is 0.242 e. The summed E-state index contributed by atoms with van der Waals surface area (Å²) in [6.07, 6.45) is 2.01. The lowest BCUT2D eigenvalue weighted by Crippen LogP contribution is -2.45. The van der Waals surface area contributed by atoms with Crippen molar-refractivity contribution >= 4 is 11.6 Å². The van der Waals surface area contributed by atoms with Gasteiger partial charge in [-0.05, 0) is 30.9 Å². The monoisotopic (exact) mass is 262 g/mol. The maximum Gasteiger partial charge on any atom is 0.242 e. The molecule has 2 rings (SSSR count). The van der Waals surface area contributed by atoms with E-state index in [4.69, 9.17) is 0 Å². The normalized spacial score (nSPS) is 19.3. The number of piperidine rings is 1. The predicted octanol–water partition coefficient (Wildman–Crippen LogP) is 1.35. The van der Waals surface area contributed by atoms with Crippen LogP contribution in [0.4, 0.5) is 5.69 Å². The summed E-state index contributed by atoms with van der Waals surface area (Å²) in [6, 6.07) is 9.91. The average Bonchev–Trinajstić information content (AvgIpc) is 2.48. The molecule has 1 heterocycles. The number of hydrogen-bond acceptors (Lipinski definition) is 3. The molecule has 1 saturated heterocycles. The van der Waals surface area contributed by atoms with Crippen LogP contribution in [0.25, 0.3) is 0 Å². The highest BCUT2D eigenvalue weighted by Gasteiger charge is 2.23. The van der Waals surface area contributed by atoms with Crippen LogP contribution in [-0.2, 0) is 4.79 Å². The number of nitrogens with zero attached hydrogens (tertiary/aromatic N) is 2. The van der Waals surface area contributed by atoms with Crippen LogP contribution in [0.5, 0.6) is 0 Å². The third kappa shape index (κ3) is 3.70. The zero-order valence-corrected chi connectivity index (χ0v) is 11.5. The molecular formula is C15H22N2O2. The van der Waals surface area contributed by atoms with Crippen LogP contribution in [0.3, 0.4) is 0 Å². The maximum atomic E-state index is 12.2. The predicted molar refractivity (Wildman–Crippen MR) is 76.1 cm³/mol. The second-order valence-corrected chi connectivity index (χ2v) is 5.22. The quantitative estimate of drug-likeness (QED) is 0.891. The minimum absolute atomic E-state index is 0.143. The van der Waals surface area contributed by atoms with Gasteiger partial charge in [-0.25, -0.2) is 0 Å². The molecule has 0 saturated carbocycles. The Labute approximate surface area is 114 Å². The van der Waals surface area contributed by atoms with E-state index in [1.807, 2.05) is 47.2 Å². The molecule has 0 radical (unpaired) electrons. The Morgan fingerprint density at radius 2 is 2.16 bits per heavy atom. The number of amides is 1. The molecule has 1 fully saturated rings. The SMILES string of the molecule is CN(CC(=O)N1CCCC(CO)C1)c1ccccc1. The van der Waals surface area contributed by atoms with Crippen LogP contribution >= 0.6 is 0 Å². The fourth-order valence-corrected chi connectivity index (χ4v) is 2.52. The minimum atomic E-state index is 0.143. The van der Waals surface area contributed by atoms with Crippen molar-refractivity contribution in [1.82, 2.24) is 4.90 Å². The third-order valence-corrected chi connectivity index (χ3v) is 3.70. The van der Waals surface area contributed by atoms with Gasteiger partial charge in [0.15, 0.2) is 0 Å². The van der Waals surface area contributed by atoms with Crippen molar-refractivity contribution in [1.29, 1.82) is 0 Å². The molecule has 1 atom stereocenters. The molecule has 0 spiro atoms. The lowest BCUT2D eigenvalue weighted by atomic mass is 9.99. The molecule has 0 aromatic heterocycles.